The van der Waals surface area contributed by atoms with Gasteiger partial charge in [0.25, 0.3) is 0 Å². The molecule has 0 aliphatic carbocycles. The van der Waals surface area contributed by atoms with E-state index in [2.05, 4.69) is 41.7 Å². The van der Waals surface area contributed by atoms with Gasteiger partial charge in [-0.15, -0.1) is 24.0 Å². The zero-order valence-corrected chi connectivity index (χ0v) is 17.2. The Morgan fingerprint density at radius 3 is 2.18 bits per heavy atom. The van der Waals surface area contributed by atoms with Crippen LogP contribution in [-0.4, -0.2) is 38.0 Å². The number of carbonyl (C=O) groups excluding carboxylic acids is 1. The van der Waals surface area contributed by atoms with Crippen LogP contribution in [-0.2, 0) is 4.79 Å². The van der Waals surface area contributed by atoms with E-state index >= 15 is 0 Å². The summed E-state index contributed by atoms with van der Waals surface area (Å²) in [6, 6.07) is 0. The highest BCUT2D eigenvalue weighted by Crippen LogP contribution is 2.05. The van der Waals surface area contributed by atoms with Crippen molar-refractivity contribution >= 4 is 35.8 Å². The smallest absolute Gasteiger partial charge is 0.222 e. The van der Waals surface area contributed by atoms with Crippen LogP contribution in [0.15, 0.2) is 4.99 Å². The van der Waals surface area contributed by atoms with E-state index in [1.807, 2.05) is 13.8 Å². The molecule has 0 heterocycles. The maximum absolute atomic E-state index is 11.4. The Labute approximate surface area is 153 Å². The predicted molar refractivity (Wildman–Crippen MR) is 106 cm³/mol. The summed E-state index contributed by atoms with van der Waals surface area (Å²) >= 11 is 0. The van der Waals surface area contributed by atoms with E-state index in [0.29, 0.717) is 13.1 Å². The van der Waals surface area contributed by atoms with Crippen molar-refractivity contribution in [2.45, 2.75) is 53.9 Å². The van der Waals surface area contributed by atoms with E-state index < -0.39 is 0 Å². The quantitative estimate of drug-likeness (QED) is 0.218. The number of unbranched alkanes of at least 4 members (excludes halogenated alkanes) is 1. The number of nitrogens with zero attached hydrogens (tertiary/aromatic N) is 1. The topological polar surface area (TPSA) is 65.5 Å². The number of hydrogen-bond acceptors (Lipinski definition) is 2. The molecule has 1 amide bonds. The van der Waals surface area contributed by atoms with Crippen molar-refractivity contribution in [2.24, 2.45) is 16.8 Å². The minimum Gasteiger partial charge on any atom is -0.357 e. The van der Waals surface area contributed by atoms with E-state index in [1.54, 1.807) is 0 Å². The Morgan fingerprint density at radius 2 is 1.64 bits per heavy atom. The second kappa shape index (κ2) is 15.4. The minimum atomic E-state index is 0. The van der Waals surface area contributed by atoms with Crippen molar-refractivity contribution in [3.8, 4) is 0 Å². The van der Waals surface area contributed by atoms with Crippen LogP contribution in [0.2, 0.25) is 0 Å². The van der Waals surface area contributed by atoms with E-state index in [1.165, 1.54) is 12.8 Å². The molecular formula is C16H35IN4O. The fourth-order valence-electron chi connectivity index (χ4n) is 1.77. The summed E-state index contributed by atoms with van der Waals surface area (Å²) < 4.78 is 0. The number of hydrogen-bond donors (Lipinski definition) is 3. The molecule has 0 aromatic rings. The van der Waals surface area contributed by atoms with Gasteiger partial charge in [-0.05, 0) is 19.3 Å². The van der Waals surface area contributed by atoms with Gasteiger partial charge in [0, 0.05) is 32.1 Å². The zero-order valence-electron chi connectivity index (χ0n) is 14.9. The maximum atomic E-state index is 11.4. The molecule has 132 valence electrons. The van der Waals surface area contributed by atoms with Crippen LogP contribution >= 0.6 is 24.0 Å². The predicted octanol–water partition coefficient (Wildman–Crippen LogP) is 2.76. The van der Waals surface area contributed by atoms with Crippen molar-refractivity contribution in [3.63, 3.8) is 0 Å². The molecule has 0 spiro atoms. The van der Waals surface area contributed by atoms with Gasteiger partial charge in [0.1, 0.15) is 0 Å². The molecular weight excluding hydrogens is 391 g/mol. The SMILES string of the molecule is CCNC(=NCCCCC(C)C)NCCNC(=O)C(C)C.I. The standard InChI is InChI=1S/C16H34N4O.HI/c1-6-17-16(19-10-8-7-9-13(2)3)20-12-11-18-15(21)14(4)5;/h13-14H,6-12H2,1-5H3,(H,18,21)(H2,17,19,20);1H. The van der Waals surface area contributed by atoms with Gasteiger partial charge in [-0.25, -0.2) is 0 Å². The molecule has 0 rings (SSSR count). The summed E-state index contributed by atoms with van der Waals surface area (Å²) in [7, 11) is 0. The Balaban J connectivity index is 0. The molecule has 0 atom stereocenters. The third-order valence-electron chi connectivity index (χ3n) is 3.04. The van der Waals surface area contributed by atoms with Crippen LogP contribution in [0.25, 0.3) is 0 Å². The van der Waals surface area contributed by atoms with Gasteiger partial charge < -0.3 is 16.0 Å². The summed E-state index contributed by atoms with van der Waals surface area (Å²) in [6.45, 7) is 13.3. The van der Waals surface area contributed by atoms with E-state index in [0.717, 1.165) is 31.4 Å². The van der Waals surface area contributed by atoms with E-state index in [4.69, 9.17) is 0 Å². The molecule has 0 saturated heterocycles. The molecule has 22 heavy (non-hydrogen) atoms. The second-order valence-electron chi connectivity index (χ2n) is 6.02. The average molecular weight is 426 g/mol. The minimum absolute atomic E-state index is 0. The fourth-order valence-corrected chi connectivity index (χ4v) is 1.77. The lowest BCUT2D eigenvalue weighted by Crippen LogP contribution is -2.42. The van der Waals surface area contributed by atoms with Crippen molar-refractivity contribution in [1.82, 2.24) is 16.0 Å². The van der Waals surface area contributed by atoms with E-state index in [-0.39, 0.29) is 35.8 Å². The first-order valence-electron chi connectivity index (χ1n) is 8.27. The summed E-state index contributed by atoms with van der Waals surface area (Å²) in [5, 5.41) is 9.34. The highest BCUT2D eigenvalue weighted by atomic mass is 127. The normalized spacial score (nSPS) is 11.3. The molecule has 0 aromatic heterocycles. The average Bonchev–Trinajstić information content (AvgIpc) is 2.42. The van der Waals surface area contributed by atoms with Gasteiger partial charge in [-0.3, -0.25) is 9.79 Å². The Hall–Kier alpha value is -0.530. The molecule has 0 fully saturated rings. The number of carbonyl (C=O) groups is 1. The lowest BCUT2D eigenvalue weighted by Gasteiger charge is -2.12. The van der Waals surface area contributed by atoms with Gasteiger partial charge in [-0.1, -0.05) is 40.5 Å². The first kappa shape index (κ1) is 23.7. The van der Waals surface area contributed by atoms with Crippen molar-refractivity contribution in [2.75, 3.05) is 26.2 Å². The summed E-state index contributed by atoms with van der Waals surface area (Å²) in [4.78, 5) is 16.0. The molecule has 0 saturated carbocycles. The van der Waals surface area contributed by atoms with Gasteiger partial charge in [-0.2, -0.15) is 0 Å². The first-order chi connectivity index (χ1) is 9.97. The summed E-state index contributed by atoms with van der Waals surface area (Å²) in [6.07, 6.45) is 3.62. The van der Waals surface area contributed by atoms with Crippen LogP contribution in [0.1, 0.15) is 53.9 Å². The highest BCUT2D eigenvalue weighted by Gasteiger charge is 2.05. The third kappa shape index (κ3) is 14.4. The van der Waals surface area contributed by atoms with Crippen molar-refractivity contribution in [3.05, 3.63) is 0 Å². The van der Waals surface area contributed by atoms with Crippen molar-refractivity contribution in [1.29, 1.82) is 0 Å². The zero-order chi connectivity index (χ0) is 16.1. The number of amides is 1. The lowest BCUT2D eigenvalue weighted by molar-refractivity contribution is -0.123. The second-order valence-corrected chi connectivity index (χ2v) is 6.02. The van der Waals surface area contributed by atoms with Crippen LogP contribution < -0.4 is 16.0 Å². The Bertz CT molecular complexity index is 307. The molecule has 5 nitrogen and oxygen atoms in total. The van der Waals surface area contributed by atoms with Crippen LogP contribution in [0.4, 0.5) is 0 Å². The number of rotatable bonds is 10. The first-order valence-corrected chi connectivity index (χ1v) is 8.27. The van der Waals surface area contributed by atoms with E-state index in [9.17, 15) is 4.79 Å². The molecule has 0 radical (unpaired) electrons. The van der Waals surface area contributed by atoms with Gasteiger partial charge in [0.15, 0.2) is 5.96 Å². The maximum Gasteiger partial charge on any atom is 0.222 e. The number of aliphatic imine (C=N–C) groups is 1. The molecule has 0 aromatic carbocycles. The number of halogens is 1. The molecule has 3 N–H and O–H groups in total. The largest absolute Gasteiger partial charge is 0.357 e. The highest BCUT2D eigenvalue weighted by molar-refractivity contribution is 14.0. The monoisotopic (exact) mass is 426 g/mol. The summed E-state index contributed by atoms with van der Waals surface area (Å²) in [5.41, 5.74) is 0. The van der Waals surface area contributed by atoms with Gasteiger partial charge in [0.05, 0.1) is 0 Å². The summed E-state index contributed by atoms with van der Waals surface area (Å²) in [5.74, 6) is 1.73. The number of nitrogens with one attached hydrogen (secondary N) is 3. The van der Waals surface area contributed by atoms with Crippen LogP contribution in [0, 0.1) is 11.8 Å². The van der Waals surface area contributed by atoms with Gasteiger partial charge >= 0.3 is 0 Å². The molecule has 0 aliphatic heterocycles. The van der Waals surface area contributed by atoms with Crippen LogP contribution in [0.5, 0.6) is 0 Å². The Morgan fingerprint density at radius 1 is 1.00 bits per heavy atom. The Kier molecular flexibility index (Phi) is 16.6. The molecule has 6 heteroatoms. The number of guanidine groups is 1. The van der Waals surface area contributed by atoms with Crippen LogP contribution in [0.3, 0.4) is 0 Å². The van der Waals surface area contributed by atoms with Crippen molar-refractivity contribution < 1.29 is 4.79 Å². The molecule has 0 unspecified atom stereocenters. The van der Waals surface area contributed by atoms with Gasteiger partial charge in [0.2, 0.25) is 5.91 Å². The fraction of sp³-hybridized carbons (Fsp3) is 0.875. The molecule has 0 aliphatic rings. The lowest BCUT2D eigenvalue weighted by atomic mass is 10.1. The third-order valence-corrected chi connectivity index (χ3v) is 3.04. The molecule has 0 bridgehead atoms.